The van der Waals surface area contributed by atoms with Gasteiger partial charge in [0.25, 0.3) is 5.56 Å². The summed E-state index contributed by atoms with van der Waals surface area (Å²) in [5.74, 6) is 1.20. The average molecular weight is 426 g/mol. The van der Waals surface area contributed by atoms with Crippen molar-refractivity contribution in [1.82, 2.24) is 14.5 Å². The Morgan fingerprint density at radius 1 is 1.21 bits per heavy atom. The molecule has 0 spiro atoms. The van der Waals surface area contributed by atoms with E-state index < -0.39 is 0 Å². The predicted molar refractivity (Wildman–Crippen MR) is 114 cm³/mol. The van der Waals surface area contributed by atoms with Crippen molar-refractivity contribution in [3.63, 3.8) is 0 Å². The molecule has 0 amide bonds. The molecule has 1 aliphatic rings. The van der Waals surface area contributed by atoms with Gasteiger partial charge in [-0.1, -0.05) is 30.0 Å². The maximum atomic E-state index is 13.1. The Hall–Kier alpha value is -2.42. The van der Waals surface area contributed by atoms with Crippen molar-refractivity contribution in [2.75, 3.05) is 6.61 Å². The van der Waals surface area contributed by atoms with E-state index in [-0.39, 0.29) is 11.7 Å². The Morgan fingerprint density at radius 2 is 2.14 bits per heavy atom. The van der Waals surface area contributed by atoms with Gasteiger partial charge in [0.1, 0.15) is 6.26 Å². The fourth-order valence-electron chi connectivity index (χ4n) is 3.44. The first kappa shape index (κ1) is 18.6. The molecule has 1 aliphatic heterocycles. The van der Waals surface area contributed by atoms with Crippen molar-refractivity contribution < 1.29 is 9.15 Å². The lowest BCUT2D eigenvalue weighted by Gasteiger charge is -2.16. The van der Waals surface area contributed by atoms with Crippen molar-refractivity contribution in [1.29, 1.82) is 0 Å². The van der Waals surface area contributed by atoms with Gasteiger partial charge in [0.05, 0.1) is 34.1 Å². The fraction of sp³-hybridized carbons (Fsp3) is 0.286. The zero-order valence-electron chi connectivity index (χ0n) is 15.6. The second-order valence-corrected chi connectivity index (χ2v) is 8.76. The van der Waals surface area contributed by atoms with Crippen molar-refractivity contribution >= 4 is 34.0 Å². The zero-order valence-corrected chi connectivity index (χ0v) is 17.2. The minimum absolute atomic E-state index is 0.0203. The highest BCUT2D eigenvalue weighted by atomic mass is 32.2. The largest absolute Gasteiger partial charge is 0.444 e. The Kier molecular flexibility index (Phi) is 5.22. The van der Waals surface area contributed by atoms with Gasteiger partial charge in [-0.3, -0.25) is 9.36 Å². The summed E-state index contributed by atoms with van der Waals surface area (Å²) in [6, 6.07) is 11.4. The SMILES string of the molecule is O=c1c2ccccc2nc(SCc2coc(-c3cccs3)n2)n1CC1CCCO1. The molecule has 4 heterocycles. The highest BCUT2D eigenvalue weighted by molar-refractivity contribution is 7.98. The van der Waals surface area contributed by atoms with E-state index in [2.05, 4.69) is 4.98 Å². The molecule has 0 N–H and O–H groups in total. The summed E-state index contributed by atoms with van der Waals surface area (Å²) in [4.78, 5) is 23.5. The number of nitrogens with zero attached hydrogens (tertiary/aromatic N) is 3. The highest BCUT2D eigenvalue weighted by Crippen LogP contribution is 2.27. The summed E-state index contributed by atoms with van der Waals surface area (Å²) in [7, 11) is 0. The molecule has 0 aliphatic carbocycles. The van der Waals surface area contributed by atoms with Crippen LogP contribution >= 0.6 is 23.1 Å². The van der Waals surface area contributed by atoms with E-state index in [9.17, 15) is 4.79 Å². The van der Waals surface area contributed by atoms with Gasteiger partial charge in [-0.2, -0.15) is 0 Å². The molecular weight excluding hydrogens is 406 g/mol. The summed E-state index contributed by atoms with van der Waals surface area (Å²) in [5, 5.41) is 3.32. The third-order valence-corrected chi connectivity index (χ3v) is 6.74. The summed E-state index contributed by atoms with van der Waals surface area (Å²) >= 11 is 3.09. The summed E-state index contributed by atoms with van der Waals surface area (Å²) < 4.78 is 13.1. The summed E-state index contributed by atoms with van der Waals surface area (Å²) in [6.07, 6.45) is 3.74. The molecule has 5 rings (SSSR count). The molecule has 1 fully saturated rings. The number of aromatic nitrogens is 3. The number of thiophene rings is 1. The van der Waals surface area contributed by atoms with Gasteiger partial charge < -0.3 is 9.15 Å². The monoisotopic (exact) mass is 425 g/mol. The van der Waals surface area contributed by atoms with E-state index in [4.69, 9.17) is 14.1 Å². The molecule has 0 bridgehead atoms. The molecule has 1 aromatic carbocycles. The molecule has 1 atom stereocenters. The van der Waals surface area contributed by atoms with Crippen LogP contribution in [-0.4, -0.2) is 27.2 Å². The van der Waals surface area contributed by atoms with E-state index in [0.29, 0.717) is 34.2 Å². The maximum Gasteiger partial charge on any atom is 0.262 e. The van der Waals surface area contributed by atoms with Gasteiger partial charge in [0, 0.05) is 12.4 Å². The first-order chi connectivity index (χ1) is 14.3. The third-order valence-electron chi connectivity index (χ3n) is 4.87. The van der Waals surface area contributed by atoms with Crippen molar-refractivity contribution in [2.45, 2.75) is 36.4 Å². The van der Waals surface area contributed by atoms with E-state index in [1.807, 2.05) is 41.8 Å². The van der Waals surface area contributed by atoms with E-state index in [1.165, 1.54) is 11.8 Å². The standard InChI is InChI=1S/C21H19N3O3S2/c25-20-16-6-1-2-7-17(16)23-21(24(20)11-15-5-3-9-26-15)29-13-14-12-27-19(22-14)18-8-4-10-28-18/h1-2,4,6-8,10,12,15H,3,5,9,11,13H2. The lowest BCUT2D eigenvalue weighted by atomic mass is 10.2. The number of fused-ring (bicyclic) bond motifs is 1. The lowest BCUT2D eigenvalue weighted by Crippen LogP contribution is -2.28. The third kappa shape index (κ3) is 3.88. The first-order valence-electron chi connectivity index (χ1n) is 9.50. The number of ether oxygens (including phenoxy) is 1. The summed E-state index contributed by atoms with van der Waals surface area (Å²) in [6.45, 7) is 1.28. The minimum Gasteiger partial charge on any atom is -0.444 e. The van der Waals surface area contributed by atoms with Gasteiger partial charge >= 0.3 is 0 Å². The Labute approximate surface area is 175 Å². The molecule has 1 unspecified atom stereocenters. The van der Waals surface area contributed by atoms with E-state index in [0.717, 1.165) is 30.0 Å². The Balaban J connectivity index is 1.44. The van der Waals surface area contributed by atoms with Crippen molar-refractivity contribution in [2.24, 2.45) is 0 Å². The topological polar surface area (TPSA) is 70.2 Å². The number of thioether (sulfide) groups is 1. The van der Waals surface area contributed by atoms with Crippen LogP contribution in [0.4, 0.5) is 0 Å². The minimum atomic E-state index is -0.0203. The smallest absolute Gasteiger partial charge is 0.262 e. The van der Waals surface area contributed by atoms with Gasteiger partial charge in [-0.15, -0.1) is 11.3 Å². The molecule has 148 valence electrons. The van der Waals surface area contributed by atoms with Crippen molar-refractivity contribution in [3.05, 3.63) is 64.1 Å². The van der Waals surface area contributed by atoms with Gasteiger partial charge in [0.15, 0.2) is 5.16 Å². The molecule has 4 aromatic rings. The van der Waals surface area contributed by atoms with Gasteiger partial charge in [0.2, 0.25) is 5.89 Å². The first-order valence-corrected chi connectivity index (χ1v) is 11.4. The molecule has 1 saturated heterocycles. The molecule has 6 nitrogen and oxygen atoms in total. The molecule has 29 heavy (non-hydrogen) atoms. The van der Waals surface area contributed by atoms with Crippen LogP contribution in [0, 0.1) is 0 Å². The quantitative estimate of drug-likeness (QED) is 0.333. The zero-order chi connectivity index (χ0) is 19.6. The number of para-hydroxylation sites is 1. The molecule has 0 radical (unpaired) electrons. The van der Waals surface area contributed by atoms with Crippen LogP contribution in [0.5, 0.6) is 0 Å². The number of rotatable bonds is 6. The molecule has 0 saturated carbocycles. The van der Waals surface area contributed by atoms with Gasteiger partial charge in [-0.05, 0) is 36.4 Å². The van der Waals surface area contributed by atoms with Crippen LogP contribution < -0.4 is 5.56 Å². The van der Waals surface area contributed by atoms with Crippen LogP contribution in [0.3, 0.4) is 0 Å². The van der Waals surface area contributed by atoms with Gasteiger partial charge in [-0.25, -0.2) is 9.97 Å². The molecule has 3 aromatic heterocycles. The average Bonchev–Trinajstić information content (AvgIpc) is 3.51. The van der Waals surface area contributed by atoms with Crippen LogP contribution in [0.2, 0.25) is 0 Å². The van der Waals surface area contributed by atoms with Crippen LogP contribution in [0.1, 0.15) is 18.5 Å². The Morgan fingerprint density at radius 3 is 2.97 bits per heavy atom. The number of benzene rings is 1. The molecule has 8 heteroatoms. The van der Waals surface area contributed by atoms with Crippen molar-refractivity contribution in [3.8, 4) is 10.8 Å². The van der Waals surface area contributed by atoms with E-state index in [1.54, 1.807) is 22.2 Å². The normalized spacial score (nSPS) is 16.6. The van der Waals surface area contributed by atoms with Crippen LogP contribution in [0.15, 0.2) is 62.4 Å². The maximum absolute atomic E-state index is 13.1. The van der Waals surface area contributed by atoms with E-state index >= 15 is 0 Å². The second-order valence-electron chi connectivity index (χ2n) is 6.87. The highest BCUT2D eigenvalue weighted by Gasteiger charge is 2.20. The van der Waals surface area contributed by atoms with Crippen LogP contribution in [-0.2, 0) is 17.0 Å². The second kappa shape index (κ2) is 8.14. The number of hydrogen-bond donors (Lipinski definition) is 0. The number of oxazole rings is 1. The number of hydrogen-bond acceptors (Lipinski definition) is 7. The fourth-order valence-corrected chi connectivity index (χ4v) is 4.98. The van der Waals surface area contributed by atoms with Crippen LogP contribution in [0.25, 0.3) is 21.7 Å². The predicted octanol–water partition coefficient (Wildman–Crippen LogP) is 4.58. The lowest BCUT2D eigenvalue weighted by molar-refractivity contribution is 0.0937. The molecular formula is C21H19N3O3S2. The Bertz CT molecular complexity index is 1180. The summed E-state index contributed by atoms with van der Waals surface area (Å²) in [5.41, 5.74) is 1.51.